The summed E-state index contributed by atoms with van der Waals surface area (Å²) in [6.45, 7) is 4.67. The maximum absolute atomic E-state index is 12.8. The lowest BCUT2D eigenvalue weighted by Gasteiger charge is -2.26. The second-order valence-corrected chi connectivity index (χ2v) is 16.7. The smallest absolute Gasteiger partial charge is 0.306 e. The van der Waals surface area contributed by atoms with Crippen LogP contribution in [0.4, 0.5) is 0 Å². The average molecular weight is 806 g/mol. The maximum Gasteiger partial charge on any atom is 0.306 e. The molecule has 332 valence electrons. The minimum Gasteiger partial charge on any atom is -0.545 e. The number of hydrogen-bond acceptors (Lipinski definition) is 8. The summed E-state index contributed by atoms with van der Waals surface area (Å²) < 4.78 is 22.5. The van der Waals surface area contributed by atoms with E-state index in [-0.39, 0.29) is 38.6 Å². The van der Waals surface area contributed by atoms with Crippen molar-refractivity contribution in [1.82, 2.24) is 0 Å². The fraction of sp³-hybridized carbons (Fsp3) is 0.812. The molecule has 2 atom stereocenters. The van der Waals surface area contributed by atoms with Gasteiger partial charge >= 0.3 is 11.9 Å². The highest BCUT2D eigenvalue weighted by atomic mass is 16.7. The molecule has 0 aromatic heterocycles. The number of carbonyl (C=O) groups excluding carboxylic acids is 3. The monoisotopic (exact) mass is 806 g/mol. The summed E-state index contributed by atoms with van der Waals surface area (Å²) in [7, 11) is 5.90. The fourth-order valence-electron chi connectivity index (χ4n) is 6.19. The van der Waals surface area contributed by atoms with Crippen LogP contribution in [0.1, 0.15) is 194 Å². The molecule has 0 aliphatic heterocycles. The molecule has 9 heteroatoms. The van der Waals surface area contributed by atoms with Crippen molar-refractivity contribution in [2.24, 2.45) is 0 Å². The third-order valence-corrected chi connectivity index (χ3v) is 9.86. The van der Waals surface area contributed by atoms with Crippen LogP contribution in [0.5, 0.6) is 0 Å². The van der Waals surface area contributed by atoms with Gasteiger partial charge in [0.15, 0.2) is 12.4 Å². The van der Waals surface area contributed by atoms with Crippen LogP contribution in [-0.4, -0.2) is 82.3 Å². The Morgan fingerprint density at radius 3 is 1.46 bits per heavy atom. The number of rotatable bonds is 42. The molecule has 2 unspecified atom stereocenters. The zero-order valence-corrected chi connectivity index (χ0v) is 37.5. The number of unbranched alkanes of at least 4 members (excludes halogenated alkanes) is 21. The van der Waals surface area contributed by atoms with E-state index in [1.54, 1.807) is 0 Å². The average Bonchev–Trinajstić information content (AvgIpc) is 3.17. The number of nitrogens with zero attached hydrogens (tertiary/aromatic N) is 1. The van der Waals surface area contributed by atoms with Crippen molar-refractivity contribution in [2.45, 2.75) is 206 Å². The van der Waals surface area contributed by atoms with Crippen LogP contribution >= 0.6 is 0 Å². The van der Waals surface area contributed by atoms with Gasteiger partial charge in [-0.1, -0.05) is 153 Å². The molecular formula is C48H87NO8. The number of aliphatic carboxylic acids is 1. The molecule has 0 saturated heterocycles. The molecule has 0 bridgehead atoms. The van der Waals surface area contributed by atoms with Gasteiger partial charge in [0.05, 0.1) is 40.3 Å². The number of esters is 2. The Morgan fingerprint density at radius 1 is 0.526 bits per heavy atom. The first-order valence-electron chi connectivity index (χ1n) is 23.1. The molecule has 57 heavy (non-hydrogen) atoms. The zero-order valence-electron chi connectivity index (χ0n) is 37.5. The lowest BCUT2D eigenvalue weighted by molar-refractivity contribution is -0.870. The molecule has 0 aliphatic carbocycles. The molecule has 0 amide bonds. The molecule has 0 aromatic rings. The van der Waals surface area contributed by atoms with Crippen molar-refractivity contribution in [3.05, 3.63) is 36.5 Å². The van der Waals surface area contributed by atoms with Gasteiger partial charge in [-0.25, -0.2) is 0 Å². The summed E-state index contributed by atoms with van der Waals surface area (Å²) in [5.74, 6) is -2.30. The number of hydrogen-bond donors (Lipinski definition) is 0. The Hall–Kier alpha value is -2.49. The fourth-order valence-corrected chi connectivity index (χ4v) is 6.19. The molecule has 9 nitrogen and oxygen atoms in total. The molecule has 0 radical (unpaired) electrons. The Balaban J connectivity index is 4.37. The number of ether oxygens (including phenoxy) is 4. The lowest BCUT2D eigenvalue weighted by Crippen LogP contribution is -2.44. The van der Waals surface area contributed by atoms with Crippen LogP contribution in [-0.2, 0) is 33.3 Å². The van der Waals surface area contributed by atoms with Gasteiger partial charge < -0.3 is 33.3 Å². The van der Waals surface area contributed by atoms with Gasteiger partial charge in [0.2, 0.25) is 0 Å². The van der Waals surface area contributed by atoms with E-state index < -0.39 is 24.3 Å². The largest absolute Gasteiger partial charge is 0.545 e. The van der Waals surface area contributed by atoms with Gasteiger partial charge in [-0.3, -0.25) is 9.59 Å². The molecule has 0 aromatic carbocycles. The van der Waals surface area contributed by atoms with Gasteiger partial charge in [-0.05, 0) is 64.2 Å². The minimum atomic E-state index is -1.62. The van der Waals surface area contributed by atoms with Gasteiger partial charge in [-0.15, -0.1) is 0 Å². The molecule has 0 N–H and O–H groups in total. The van der Waals surface area contributed by atoms with Crippen LogP contribution in [0.25, 0.3) is 0 Å². The van der Waals surface area contributed by atoms with Crippen molar-refractivity contribution in [1.29, 1.82) is 0 Å². The van der Waals surface area contributed by atoms with Crippen molar-refractivity contribution in [3.8, 4) is 0 Å². The second-order valence-electron chi connectivity index (χ2n) is 16.7. The van der Waals surface area contributed by atoms with E-state index in [4.69, 9.17) is 18.9 Å². The van der Waals surface area contributed by atoms with Crippen molar-refractivity contribution < 1.29 is 42.9 Å². The summed E-state index contributed by atoms with van der Waals surface area (Å²) in [5.41, 5.74) is 0. The van der Waals surface area contributed by atoms with Gasteiger partial charge in [0, 0.05) is 12.8 Å². The standard InChI is InChI=1S/C48H87NO8/c1-6-8-10-12-14-16-18-19-20-21-22-23-24-25-26-27-29-31-33-35-37-39-46(51)57-44(43-56-48(47(52)53)54-41-40-49(3,4)5)42-55-45(50)38-36-34-32-30-28-17-15-13-11-9-7-2/h13,15,18-19,21-22,44,48H,6-12,14,16-17,20,23-43H2,1-5H3/b15-13-,19-18-,22-21-. The third kappa shape index (κ3) is 41.5. The molecule has 0 spiro atoms. The topological polar surface area (TPSA) is 111 Å². The third-order valence-electron chi connectivity index (χ3n) is 9.86. The van der Waals surface area contributed by atoms with E-state index in [1.165, 1.54) is 83.5 Å². The molecular weight excluding hydrogens is 719 g/mol. The van der Waals surface area contributed by atoms with Crippen LogP contribution < -0.4 is 5.11 Å². The van der Waals surface area contributed by atoms with E-state index >= 15 is 0 Å². The van der Waals surface area contributed by atoms with Crippen molar-refractivity contribution >= 4 is 17.9 Å². The number of carboxylic acids is 1. The Labute approximate surface area is 350 Å². The van der Waals surface area contributed by atoms with Crippen LogP contribution in [0, 0.1) is 0 Å². The Bertz CT molecular complexity index is 1030. The number of allylic oxidation sites excluding steroid dienone is 6. The number of quaternary nitrogens is 1. The second kappa shape index (κ2) is 40.3. The zero-order chi connectivity index (χ0) is 42.1. The number of likely N-dealkylation sites (N-methyl/N-ethyl adjacent to an activating group) is 1. The Morgan fingerprint density at radius 2 is 0.965 bits per heavy atom. The van der Waals surface area contributed by atoms with E-state index in [0.29, 0.717) is 17.4 Å². The predicted octanol–water partition coefficient (Wildman–Crippen LogP) is 10.9. The highest BCUT2D eigenvalue weighted by molar-refractivity contribution is 5.70. The normalized spacial score (nSPS) is 13.2. The molecule has 0 rings (SSSR count). The summed E-state index contributed by atoms with van der Waals surface area (Å²) >= 11 is 0. The minimum absolute atomic E-state index is 0.145. The van der Waals surface area contributed by atoms with Crippen LogP contribution in [0.15, 0.2) is 36.5 Å². The first-order valence-corrected chi connectivity index (χ1v) is 23.1. The first-order chi connectivity index (χ1) is 27.6. The van der Waals surface area contributed by atoms with Crippen molar-refractivity contribution in [2.75, 3.05) is 47.5 Å². The van der Waals surface area contributed by atoms with Gasteiger partial charge in [0.1, 0.15) is 13.2 Å². The molecule has 0 heterocycles. The van der Waals surface area contributed by atoms with E-state index in [0.717, 1.165) is 77.0 Å². The summed E-state index contributed by atoms with van der Waals surface area (Å²) in [5, 5.41) is 11.7. The maximum atomic E-state index is 12.8. The van der Waals surface area contributed by atoms with E-state index in [9.17, 15) is 19.5 Å². The molecule has 0 aliphatic rings. The Kier molecular flexibility index (Phi) is 38.5. The molecule has 0 saturated carbocycles. The quantitative estimate of drug-likeness (QED) is 0.0197. The SMILES string of the molecule is CCCC/C=C\CCCCCCCC(=O)OCC(COC(OCC[N+](C)(C)C)C(=O)[O-])OC(=O)CCCCCCCCCCC/C=C\C/C=C\CCCCCCC. The first kappa shape index (κ1) is 54.5. The summed E-state index contributed by atoms with van der Waals surface area (Å²) in [4.78, 5) is 36.9. The van der Waals surface area contributed by atoms with E-state index in [1.807, 2.05) is 21.1 Å². The number of carbonyl (C=O) groups is 3. The van der Waals surface area contributed by atoms with Gasteiger partial charge in [0.25, 0.3) is 0 Å². The summed E-state index contributed by atoms with van der Waals surface area (Å²) in [6.07, 6.45) is 41.8. The predicted molar refractivity (Wildman–Crippen MR) is 232 cm³/mol. The lowest BCUT2D eigenvalue weighted by atomic mass is 10.1. The number of carboxylic acid groups (broad SMARTS) is 1. The van der Waals surface area contributed by atoms with Crippen molar-refractivity contribution in [3.63, 3.8) is 0 Å². The van der Waals surface area contributed by atoms with Crippen LogP contribution in [0.2, 0.25) is 0 Å². The highest BCUT2D eigenvalue weighted by Gasteiger charge is 2.21. The highest BCUT2D eigenvalue weighted by Crippen LogP contribution is 2.14. The van der Waals surface area contributed by atoms with Crippen LogP contribution in [0.3, 0.4) is 0 Å². The van der Waals surface area contributed by atoms with Gasteiger partial charge in [-0.2, -0.15) is 0 Å². The summed E-state index contributed by atoms with van der Waals surface area (Å²) in [6, 6.07) is 0. The molecule has 0 fully saturated rings. The van der Waals surface area contributed by atoms with E-state index in [2.05, 4.69) is 50.3 Å².